The molecule has 1 aromatic rings. The molecule has 0 unspecified atom stereocenters. The van der Waals surface area contributed by atoms with Gasteiger partial charge in [-0.05, 0) is 18.4 Å². The number of hydrogen-bond donors (Lipinski definition) is 1. The number of aryl methyl sites for hydroxylation is 1. The van der Waals surface area contributed by atoms with Crippen LogP contribution in [0.5, 0.6) is 0 Å². The molecule has 13 heavy (non-hydrogen) atoms. The summed E-state index contributed by atoms with van der Waals surface area (Å²) >= 11 is 0. The second-order valence-electron chi connectivity index (χ2n) is 3.90. The van der Waals surface area contributed by atoms with E-state index in [9.17, 15) is 0 Å². The summed E-state index contributed by atoms with van der Waals surface area (Å²) in [7, 11) is 0. The monoisotopic (exact) mass is 179 g/mol. The molecule has 1 heterocycles. The van der Waals surface area contributed by atoms with E-state index >= 15 is 0 Å². The number of nitrogens with zero attached hydrogens (tertiary/aromatic N) is 2. The minimum absolute atomic E-state index is 0.392. The van der Waals surface area contributed by atoms with Crippen LogP contribution in [0, 0.1) is 0 Å². The Morgan fingerprint density at radius 2 is 2.46 bits per heavy atom. The van der Waals surface area contributed by atoms with Crippen LogP contribution in [0.4, 0.5) is 0 Å². The Morgan fingerprint density at radius 1 is 1.69 bits per heavy atom. The van der Waals surface area contributed by atoms with Crippen LogP contribution in [-0.2, 0) is 6.54 Å². The maximum atomic E-state index is 5.77. The van der Waals surface area contributed by atoms with Gasteiger partial charge in [0.15, 0.2) is 0 Å². The SMILES string of the molecule is CCCCn1cc([C@H]2C[C@@H]2N)cn1. The van der Waals surface area contributed by atoms with Crippen molar-refractivity contribution >= 4 is 0 Å². The number of hydrogen-bond acceptors (Lipinski definition) is 2. The first-order chi connectivity index (χ1) is 6.31. The highest BCUT2D eigenvalue weighted by molar-refractivity contribution is 5.22. The molecule has 0 aromatic carbocycles. The number of nitrogens with two attached hydrogens (primary N) is 1. The average Bonchev–Trinajstić information content (AvgIpc) is 2.67. The van der Waals surface area contributed by atoms with Gasteiger partial charge in [-0.25, -0.2) is 0 Å². The van der Waals surface area contributed by atoms with E-state index in [4.69, 9.17) is 5.73 Å². The second kappa shape index (κ2) is 3.50. The van der Waals surface area contributed by atoms with Crippen molar-refractivity contribution in [2.45, 2.75) is 44.7 Å². The predicted octanol–water partition coefficient (Wildman–Crippen LogP) is 1.50. The summed E-state index contributed by atoms with van der Waals surface area (Å²) in [5.74, 6) is 0.593. The lowest BCUT2D eigenvalue weighted by Crippen LogP contribution is -2.00. The Bertz CT molecular complexity index is 279. The molecule has 0 amide bonds. The fourth-order valence-electron chi connectivity index (χ4n) is 1.61. The van der Waals surface area contributed by atoms with Gasteiger partial charge < -0.3 is 5.73 Å². The molecule has 1 aromatic heterocycles. The van der Waals surface area contributed by atoms with Crippen LogP contribution in [-0.4, -0.2) is 15.8 Å². The average molecular weight is 179 g/mol. The van der Waals surface area contributed by atoms with Crippen LogP contribution in [0.1, 0.15) is 37.7 Å². The van der Waals surface area contributed by atoms with E-state index in [2.05, 4.69) is 18.2 Å². The maximum Gasteiger partial charge on any atom is 0.0525 e. The molecule has 0 bridgehead atoms. The quantitative estimate of drug-likeness (QED) is 0.761. The maximum absolute atomic E-state index is 5.77. The number of unbranched alkanes of at least 4 members (excludes halogenated alkanes) is 1. The van der Waals surface area contributed by atoms with E-state index in [0.717, 1.165) is 13.0 Å². The van der Waals surface area contributed by atoms with Crippen molar-refractivity contribution in [1.29, 1.82) is 0 Å². The Kier molecular flexibility index (Phi) is 2.36. The first kappa shape index (κ1) is 8.75. The van der Waals surface area contributed by atoms with Crippen molar-refractivity contribution in [1.82, 2.24) is 9.78 Å². The third-order valence-electron chi connectivity index (χ3n) is 2.66. The van der Waals surface area contributed by atoms with E-state index in [1.165, 1.54) is 18.4 Å². The zero-order chi connectivity index (χ0) is 9.26. The van der Waals surface area contributed by atoms with Crippen molar-refractivity contribution in [3.63, 3.8) is 0 Å². The highest BCUT2D eigenvalue weighted by atomic mass is 15.3. The summed E-state index contributed by atoms with van der Waals surface area (Å²) in [6.07, 6.45) is 7.68. The Labute approximate surface area is 78.9 Å². The standard InChI is InChI=1S/C10H17N3/c1-2-3-4-13-7-8(6-12-13)9-5-10(9)11/h6-7,9-10H,2-5,11H2,1H3/t9-,10+/m1/s1. The summed E-state index contributed by atoms with van der Waals surface area (Å²) in [5.41, 5.74) is 7.09. The molecule has 2 atom stereocenters. The van der Waals surface area contributed by atoms with Crippen molar-refractivity contribution in [3.8, 4) is 0 Å². The highest BCUT2D eigenvalue weighted by Crippen LogP contribution is 2.38. The molecule has 1 saturated carbocycles. The van der Waals surface area contributed by atoms with Crippen LogP contribution in [0.15, 0.2) is 12.4 Å². The molecule has 1 fully saturated rings. The lowest BCUT2D eigenvalue weighted by atomic mass is 10.2. The molecule has 2 rings (SSSR count). The van der Waals surface area contributed by atoms with E-state index in [1.54, 1.807) is 0 Å². The van der Waals surface area contributed by atoms with E-state index in [-0.39, 0.29) is 0 Å². The number of rotatable bonds is 4. The molecule has 0 spiro atoms. The van der Waals surface area contributed by atoms with Gasteiger partial charge in [-0.3, -0.25) is 4.68 Å². The third kappa shape index (κ3) is 1.91. The molecule has 3 nitrogen and oxygen atoms in total. The van der Waals surface area contributed by atoms with Gasteiger partial charge in [-0.2, -0.15) is 5.10 Å². The molecule has 1 aliphatic carbocycles. The minimum atomic E-state index is 0.392. The van der Waals surface area contributed by atoms with Crippen LogP contribution in [0.25, 0.3) is 0 Å². The Balaban J connectivity index is 1.94. The Hall–Kier alpha value is -0.830. The topological polar surface area (TPSA) is 43.8 Å². The van der Waals surface area contributed by atoms with E-state index in [0.29, 0.717) is 12.0 Å². The van der Waals surface area contributed by atoms with Crippen molar-refractivity contribution in [2.24, 2.45) is 5.73 Å². The van der Waals surface area contributed by atoms with E-state index in [1.807, 2.05) is 10.9 Å². The van der Waals surface area contributed by atoms with Gasteiger partial charge in [0, 0.05) is 24.7 Å². The lowest BCUT2D eigenvalue weighted by Gasteiger charge is -1.97. The molecule has 72 valence electrons. The molecular formula is C10H17N3. The zero-order valence-electron chi connectivity index (χ0n) is 8.11. The van der Waals surface area contributed by atoms with Gasteiger partial charge in [0.25, 0.3) is 0 Å². The molecule has 0 radical (unpaired) electrons. The van der Waals surface area contributed by atoms with Crippen molar-refractivity contribution < 1.29 is 0 Å². The smallest absolute Gasteiger partial charge is 0.0525 e. The van der Waals surface area contributed by atoms with Gasteiger partial charge in [0.05, 0.1) is 6.20 Å². The fourth-order valence-corrected chi connectivity index (χ4v) is 1.61. The van der Waals surface area contributed by atoms with Crippen LogP contribution >= 0.6 is 0 Å². The molecule has 3 heteroatoms. The van der Waals surface area contributed by atoms with Crippen LogP contribution < -0.4 is 5.73 Å². The fraction of sp³-hybridized carbons (Fsp3) is 0.700. The van der Waals surface area contributed by atoms with Gasteiger partial charge in [0.2, 0.25) is 0 Å². The predicted molar refractivity (Wildman–Crippen MR) is 52.5 cm³/mol. The van der Waals surface area contributed by atoms with E-state index < -0.39 is 0 Å². The molecule has 0 aliphatic heterocycles. The summed E-state index contributed by atoms with van der Waals surface area (Å²) in [6.45, 7) is 3.24. The first-order valence-corrected chi connectivity index (χ1v) is 5.09. The molecule has 1 aliphatic rings. The van der Waals surface area contributed by atoms with Crippen LogP contribution in [0.3, 0.4) is 0 Å². The van der Waals surface area contributed by atoms with Crippen molar-refractivity contribution in [2.75, 3.05) is 0 Å². The Morgan fingerprint density at radius 3 is 3.08 bits per heavy atom. The van der Waals surface area contributed by atoms with Crippen molar-refractivity contribution in [3.05, 3.63) is 18.0 Å². The summed E-state index contributed by atoms with van der Waals surface area (Å²) in [6, 6.07) is 0.392. The summed E-state index contributed by atoms with van der Waals surface area (Å²) < 4.78 is 2.03. The third-order valence-corrected chi connectivity index (χ3v) is 2.66. The van der Waals surface area contributed by atoms with Crippen LogP contribution in [0.2, 0.25) is 0 Å². The molecule has 2 N–H and O–H groups in total. The minimum Gasteiger partial charge on any atom is -0.327 e. The molecule has 0 saturated heterocycles. The van der Waals surface area contributed by atoms with Gasteiger partial charge in [-0.15, -0.1) is 0 Å². The number of aromatic nitrogens is 2. The van der Waals surface area contributed by atoms with Gasteiger partial charge in [-0.1, -0.05) is 13.3 Å². The summed E-state index contributed by atoms with van der Waals surface area (Å²) in [5, 5.41) is 4.31. The zero-order valence-corrected chi connectivity index (χ0v) is 8.11. The largest absolute Gasteiger partial charge is 0.327 e. The normalized spacial score (nSPS) is 26.3. The summed E-state index contributed by atoms with van der Waals surface area (Å²) in [4.78, 5) is 0. The first-order valence-electron chi connectivity index (χ1n) is 5.09. The lowest BCUT2D eigenvalue weighted by molar-refractivity contribution is 0.571. The van der Waals surface area contributed by atoms with Gasteiger partial charge in [0.1, 0.15) is 0 Å². The van der Waals surface area contributed by atoms with Gasteiger partial charge >= 0.3 is 0 Å². The highest BCUT2D eigenvalue weighted by Gasteiger charge is 2.35. The second-order valence-corrected chi connectivity index (χ2v) is 3.90. The molecular weight excluding hydrogens is 162 g/mol.